The summed E-state index contributed by atoms with van der Waals surface area (Å²) >= 11 is 0. The Hall–Kier alpha value is -0.770. The van der Waals surface area contributed by atoms with Crippen LogP contribution in [-0.2, 0) is 4.74 Å². The second-order valence-electron chi connectivity index (χ2n) is 8.22. The van der Waals surface area contributed by atoms with Gasteiger partial charge in [0.05, 0.1) is 0 Å². The van der Waals surface area contributed by atoms with Crippen molar-refractivity contribution in [2.45, 2.75) is 65.5 Å². The molecule has 1 amide bonds. The predicted molar refractivity (Wildman–Crippen MR) is 80.7 cm³/mol. The second kappa shape index (κ2) is 5.55. The topological polar surface area (TPSA) is 41.6 Å². The average Bonchev–Trinajstić information content (AvgIpc) is 2.21. The van der Waals surface area contributed by atoms with Gasteiger partial charge in [-0.25, -0.2) is 4.79 Å². The van der Waals surface area contributed by atoms with Gasteiger partial charge >= 0.3 is 6.09 Å². The molecule has 4 nitrogen and oxygen atoms in total. The van der Waals surface area contributed by atoms with E-state index in [1.54, 1.807) is 0 Å². The summed E-state index contributed by atoms with van der Waals surface area (Å²) in [7, 11) is 0. The standard InChI is InChI=1S/C16H30N2O2/c1-15(2,3)20-14(19)18-11-16(4,5)7-6-13(18)8-12-9-17-10-12/h12-13,17H,6-11H2,1-5H3. The van der Waals surface area contributed by atoms with E-state index in [1.165, 1.54) is 6.42 Å². The Morgan fingerprint density at radius 3 is 2.50 bits per heavy atom. The lowest BCUT2D eigenvalue weighted by Crippen LogP contribution is -2.54. The summed E-state index contributed by atoms with van der Waals surface area (Å²) in [5.74, 6) is 0.728. The maximum Gasteiger partial charge on any atom is 0.410 e. The van der Waals surface area contributed by atoms with E-state index in [0.717, 1.165) is 38.4 Å². The number of hydrogen-bond acceptors (Lipinski definition) is 3. The molecule has 2 saturated heterocycles. The van der Waals surface area contributed by atoms with Crippen LogP contribution in [0.3, 0.4) is 0 Å². The lowest BCUT2D eigenvalue weighted by atomic mass is 9.79. The molecule has 4 heteroatoms. The third-order valence-electron chi connectivity index (χ3n) is 4.29. The predicted octanol–water partition coefficient (Wildman–Crippen LogP) is 3.02. The van der Waals surface area contributed by atoms with Gasteiger partial charge < -0.3 is 15.0 Å². The largest absolute Gasteiger partial charge is 0.444 e. The highest BCUT2D eigenvalue weighted by atomic mass is 16.6. The highest BCUT2D eigenvalue weighted by Crippen LogP contribution is 2.35. The Balaban J connectivity index is 2.02. The van der Waals surface area contributed by atoms with Gasteiger partial charge in [-0.2, -0.15) is 0 Å². The van der Waals surface area contributed by atoms with Gasteiger partial charge in [-0.1, -0.05) is 13.8 Å². The van der Waals surface area contributed by atoms with Crippen LogP contribution in [0.25, 0.3) is 0 Å². The number of carbonyl (C=O) groups excluding carboxylic acids is 1. The Labute approximate surface area is 123 Å². The molecule has 2 heterocycles. The number of hydrogen-bond donors (Lipinski definition) is 1. The van der Waals surface area contributed by atoms with Crippen LogP contribution in [-0.4, -0.2) is 42.3 Å². The normalized spacial score (nSPS) is 27.1. The minimum absolute atomic E-state index is 0.137. The van der Waals surface area contributed by atoms with Crippen molar-refractivity contribution in [1.82, 2.24) is 10.2 Å². The maximum absolute atomic E-state index is 12.5. The molecule has 2 aliphatic heterocycles. The lowest BCUT2D eigenvalue weighted by Gasteiger charge is -2.45. The van der Waals surface area contributed by atoms with Crippen molar-refractivity contribution >= 4 is 6.09 Å². The number of amides is 1. The molecule has 0 bridgehead atoms. The molecular formula is C16H30N2O2. The molecule has 0 saturated carbocycles. The molecule has 1 unspecified atom stereocenters. The average molecular weight is 282 g/mol. The maximum atomic E-state index is 12.5. The molecule has 116 valence electrons. The minimum Gasteiger partial charge on any atom is -0.444 e. The van der Waals surface area contributed by atoms with E-state index >= 15 is 0 Å². The SMILES string of the molecule is CC1(C)CCC(CC2CNC2)N(C(=O)OC(C)(C)C)C1. The second-order valence-corrected chi connectivity index (χ2v) is 8.22. The van der Waals surface area contributed by atoms with Gasteiger partial charge in [0.15, 0.2) is 0 Å². The number of likely N-dealkylation sites (tertiary alicyclic amines) is 1. The van der Waals surface area contributed by atoms with Crippen LogP contribution in [0, 0.1) is 11.3 Å². The first-order valence-electron chi connectivity index (χ1n) is 7.87. The molecular weight excluding hydrogens is 252 g/mol. The minimum atomic E-state index is -0.415. The molecule has 1 atom stereocenters. The third kappa shape index (κ3) is 4.11. The molecule has 0 aliphatic carbocycles. The van der Waals surface area contributed by atoms with E-state index in [-0.39, 0.29) is 11.5 Å². The molecule has 2 rings (SSSR count). The molecule has 2 aliphatic rings. The number of nitrogens with zero attached hydrogens (tertiary/aromatic N) is 1. The zero-order valence-corrected chi connectivity index (χ0v) is 13.7. The summed E-state index contributed by atoms with van der Waals surface area (Å²) in [5.41, 5.74) is -0.216. The quantitative estimate of drug-likeness (QED) is 0.846. The van der Waals surface area contributed by atoms with Gasteiger partial charge in [-0.3, -0.25) is 0 Å². The summed E-state index contributed by atoms with van der Waals surface area (Å²) < 4.78 is 5.61. The summed E-state index contributed by atoms with van der Waals surface area (Å²) in [5, 5.41) is 3.31. The van der Waals surface area contributed by atoms with Crippen molar-refractivity contribution in [3.8, 4) is 0 Å². The van der Waals surface area contributed by atoms with Crippen LogP contribution >= 0.6 is 0 Å². The first-order valence-corrected chi connectivity index (χ1v) is 7.87. The van der Waals surface area contributed by atoms with Crippen molar-refractivity contribution in [2.24, 2.45) is 11.3 Å². The number of nitrogens with one attached hydrogen (secondary N) is 1. The number of piperidine rings is 1. The van der Waals surface area contributed by atoms with Crippen LogP contribution in [0.1, 0.15) is 53.9 Å². The fraction of sp³-hybridized carbons (Fsp3) is 0.938. The monoisotopic (exact) mass is 282 g/mol. The van der Waals surface area contributed by atoms with Gasteiger partial charge in [0.25, 0.3) is 0 Å². The number of rotatable bonds is 2. The first kappa shape index (κ1) is 15.6. The molecule has 20 heavy (non-hydrogen) atoms. The zero-order valence-electron chi connectivity index (χ0n) is 13.7. The van der Waals surface area contributed by atoms with E-state index in [0.29, 0.717) is 6.04 Å². The smallest absolute Gasteiger partial charge is 0.410 e. The molecule has 0 spiro atoms. The Kier molecular flexibility index (Phi) is 4.33. The summed E-state index contributed by atoms with van der Waals surface area (Å²) in [4.78, 5) is 14.5. The van der Waals surface area contributed by atoms with E-state index < -0.39 is 5.60 Å². The Bertz CT molecular complexity index is 356. The van der Waals surface area contributed by atoms with E-state index in [1.807, 2.05) is 25.7 Å². The van der Waals surface area contributed by atoms with Crippen molar-refractivity contribution in [2.75, 3.05) is 19.6 Å². The number of carbonyl (C=O) groups is 1. The molecule has 0 aromatic heterocycles. The van der Waals surface area contributed by atoms with Crippen molar-refractivity contribution in [1.29, 1.82) is 0 Å². The summed E-state index contributed by atoms with van der Waals surface area (Å²) in [6.07, 6.45) is 3.27. The Morgan fingerprint density at radius 2 is 2.00 bits per heavy atom. The van der Waals surface area contributed by atoms with Gasteiger partial charge in [-0.05, 0) is 64.5 Å². The summed E-state index contributed by atoms with van der Waals surface area (Å²) in [6.45, 7) is 13.3. The first-order chi connectivity index (χ1) is 9.16. The lowest BCUT2D eigenvalue weighted by molar-refractivity contribution is -0.0126. The highest BCUT2D eigenvalue weighted by Gasteiger charge is 2.39. The summed E-state index contributed by atoms with van der Waals surface area (Å²) in [6, 6.07) is 0.352. The van der Waals surface area contributed by atoms with Crippen LogP contribution < -0.4 is 5.32 Å². The van der Waals surface area contributed by atoms with E-state index in [9.17, 15) is 4.79 Å². The van der Waals surface area contributed by atoms with E-state index in [2.05, 4.69) is 19.2 Å². The molecule has 2 fully saturated rings. The third-order valence-corrected chi connectivity index (χ3v) is 4.29. The van der Waals surface area contributed by atoms with Crippen molar-refractivity contribution < 1.29 is 9.53 Å². The van der Waals surface area contributed by atoms with Gasteiger partial charge in [0, 0.05) is 12.6 Å². The zero-order chi connectivity index (χ0) is 15.0. The van der Waals surface area contributed by atoms with Crippen LogP contribution in [0.5, 0.6) is 0 Å². The molecule has 0 aromatic carbocycles. The highest BCUT2D eigenvalue weighted by molar-refractivity contribution is 5.68. The fourth-order valence-electron chi connectivity index (χ4n) is 3.06. The van der Waals surface area contributed by atoms with Crippen LogP contribution in [0.15, 0.2) is 0 Å². The van der Waals surface area contributed by atoms with E-state index in [4.69, 9.17) is 4.74 Å². The fourth-order valence-corrected chi connectivity index (χ4v) is 3.06. The molecule has 0 aromatic rings. The van der Waals surface area contributed by atoms with Gasteiger partial charge in [0.1, 0.15) is 5.60 Å². The molecule has 0 radical (unpaired) electrons. The number of ether oxygens (including phenoxy) is 1. The Morgan fingerprint density at radius 1 is 1.35 bits per heavy atom. The van der Waals surface area contributed by atoms with Gasteiger partial charge in [-0.15, -0.1) is 0 Å². The van der Waals surface area contributed by atoms with Gasteiger partial charge in [0.2, 0.25) is 0 Å². The molecule has 1 N–H and O–H groups in total. The van der Waals surface area contributed by atoms with Crippen LogP contribution in [0.2, 0.25) is 0 Å². The van der Waals surface area contributed by atoms with Crippen molar-refractivity contribution in [3.63, 3.8) is 0 Å². The van der Waals surface area contributed by atoms with Crippen molar-refractivity contribution in [3.05, 3.63) is 0 Å². The van der Waals surface area contributed by atoms with Crippen LogP contribution in [0.4, 0.5) is 4.79 Å².